The molecule has 3 aromatic rings. The summed E-state index contributed by atoms with van der Waals surface area (Å²) < 4.78 is 13.5. The number of carbonyl (C=O) groups excluding carboxylic acids is 1. The average Bonchev–Trinajstić information content (AvgIpc) is 3.37. The highest BCUT2D eigenvalue weighted by Gasteiger charge is 2.40. The first-order chi connectivity index (χ1) is 14.6. The van der Waals surface area contributed by atoms with E-state index in [1.165, 1.54) is 12.1 Å². The second-order valence-corrected chi connectivity index (χ2v) is 8.32. The van der Waals surface area contributed by atoms with Crippen molar-refractivity contribution in [1.29, 1.82) is 0 Å². The Morgan fingerprint density at radius 3 is 3.00 bits per heavy atom. The van der Waals surface area contributed by atoms with E-state index < -0.39 is 5.82 Å². The SMILES string of the molecule is O=C(CNc1cc(F)cc(Cl)c1)N1CCC2CCN(c3ncnc4[nH]ccc34)C2C1. The van der Waals surface area contributed by atoms with Crippen LogP contribution in [0.3, 0.4) is 0 Å². The van der Waals surface area contributed by atoms with Gasteiger partial charge in [-0.25, -0.2) is 14.4 Å². The first-order valence-electron chi connectivity index (χ1n) is 10.1. The van der Waals surface area contributed by atoms with Crippen molar-refractivity contribution in [3.63, 3.8) is 0 Å². The minimum Gasteiger partial charge on any atom is -0.376 e. The van der Waals surface area contributed by atoms with Crippen molar-refractivity contribution in [3.05, 3.63) is 47.6 Å². The molecule has 0 radical (unpaired) electrons. The fourth-order valence-electron chi connectivity index (χ4n) is 4.66. The van der Waals surface area contributed by atoms with E-state index in [-0.39, 0.29) is 18.5 Å². The highest BCUT2D eigenvalue weighted by atomic mass is 35.5. The van der Waals surface area contributed by atoms with Crippen LogP contribution in [0, 0.1) is 11.7 Å². The number of nitrogens with zero attached hydrogens (tertiary/aromatic N) is 4. The van der Waals surface area contributed by atoms with Gasteiger partial charge in [0.25, 0.3) is 0 Å². The Labute approximate surface area is 178 Å². The molecule has 2 aromatic heterocycles. The molecular formula is C21H22ClFN6O. The molecule has 156 valence electrons. The molecule has 4 heterocycles. The number of anilines is 2. The Balaban J connectivity index is 1.28. The number of hydrogen-bond donors (Lipinski definition) is 2. The van der Waals surface area contributed by atoms with Gasteiger partial charge in [0.05, 0.1) is 18.0 Å². The number of piperidine rings is 1. The lowest BCUT2D eigenvalue weighted by atomic mass is 9.92. The molecule has 2 aliphatic rings. The van der Waals surface area contributed by atoms with Crippen molar-refractivity contribution in [2.45, 2.75) is 18.9 Å². The smallest absolute Gasteiger partial charge is 0.241 e. The van der Waals surface area contributed by atoms with Crippen molar-refractivity contribution in [2.75, 3.05) is 36.4 Å². The van der Waals surface area contributed by atoms with Crippen LogP contribution in [-0.4, -0.2) is 58.0 Å². The van der Waals surface area contributed by atoms with Gasteiger partial charge in [-0.15, -0.1) is 0 Å². The number of nitrogens with one attached hydrogen (secondary N) is 2. The summed E-state index contributed by atoms with van der Waals surface area (Å²) in [6.07, 6.45) is 5.53. The Morgan fingerprint density at radius 2 is 2.13 bits per heavy atom. The average molecular weight is 429 g/mol. The van der Waals surface area contributed by atoms with E-state index >= 15 is 0 Å². The van der Waals surface area contributed by atoms with Crippen LogP contribution in [0.5, 0.6) is 0 Å². The van der Waals surface area contributed by atoms with Crippen LogP contribution >= 0.6 is 11.6 Å². The highest BCUT2D eigenvalue weighted by molar-refractivity contribution is 6.30. The molecule has 2 atom stereocenters. The molecule has 2 unspecified atom stereocenters. The Bertz CT molecular complexity index is 1070. The van der Waals surface area contributed by atoms with Gasteiger partial charge < -0.3 is 20.1 Å². The molecule has 1 aromatic carbocycles. The van der Waals surface area contributed by atoms with Crippen LogP contribution in [0.2, 0.25) is 5.02 Å². The maximum absolute atomic E-state index is 13.5. The zero-order valence-electron chi connectivity index (χ0n) is 16.3. The van der Waals surface area contributed by atoms with E-state index in [1.54, 1.807) is 12.4 Å². The largest absolute Gasteiger partial charge is 0.376 e. The van der Waals surface area contributed by atoms with Gasteiger partial charge in [-0.05, 0) is 43.0 Å². The van der Waals surface area contributed by atoms with Gasteiger partial charge in [0, 0.05) is 36.5 Å². The maximum Gasteiger partial charge on any atom is 0.241 e. The van der Waals surface area contributed by atoms with Crippen molar-refractivity contribution < 1.29 is 9.18 Å². The second-order valence-electron chi connectivity index (χ2n) is 7.89. The lowest BCUT2D eigenvalue weighted by Gasteiger charge is -2.39. The van der Waals surface area contributed by atoms with Gasteiger partial charge in [0.1, 0.15) is 23.6 Å². The summed E-state index contributed by atoms with van der Waals surface area (Å²) >= 11 is 5.89. The van der Waals surface area contributed by atoms with E-state index in [2.05, 4.69) is 25.2 Å². The number of likely N-dealkylation sites (tertiary alicyclic amines) is 1. The molecule has 0 saturated carbocycles. The number of aromatic nitrogens is 3. The van der Waals surface area contributed by atoms with Crippen LogP contribution in [0.4, 0.5) is 15.9 Å². The normalized spacial score (nSPS) is 21.1. The van der Waals surface area contributed by atoms with Gasteiger partial charge in [0.15, 0.2) is 0 Å². The summed E-state index contributed by atoms with van der Waals surface area (Å²) in [5.41, 5.74) is 1.33. The third-order valence-electron chi connectivity index (χ3n) is 6.13. The van der Waals surface area contributed by atoms with Crippen LogP contribution in [0.1, 0.15) is 12.8 Å². The molecule has 2 aliphatic heterocycles. The molecule has 0 bridgehead atoms. The summed E-state index contributed by atoms with van der Waals surface area (Å²) in [4.78, 5) is 29.0. The molecule has 0 aliphatic carbocycles. The molecule has 30 heavy (non-hydrogen) atoms. The molecule has 2 N–H and O–H groups in total. The summed E-state index contributed by atoms with van der Waals surface area (Å²) in [6.45, 7) is 2.43. The van der Waals surface area contributed by atoms with E-state index in [0.29, 0.717) is 23.2 Å². The summed E-state index contributed by atoms with van der Waals surface area (Å²) in [5.74, 6) is 1.04. The lowest BCUT2D eigenvalue weighted by Crippen LogP contribution is -2.51. The molecule has 9 heteroatoms. The topological polar surface area (TPSA) is 77.2 Å². The third kappa shape index (κ3) is 3.56. The quantitative estimate of drug-likeness (QED) is 0.666. The maximum atomic E-state index is 13.5. The van der Waals surface area contributed by atoms with Crippen molar-refractivity contribution >= 4 is 40.0 Å². The fourth-order valence-corrected chi connectivity index (χ4v) is 4.88. The van der Waals surface area contributed by atoms with Gasteiger partial charge >= 0.3 is 0 Å². The van der Waals surface area contributed by atoms with Gasteiger partial charge in [-0.1, -0.05) is 11.6 Å². The number of hydrogen-bond acceptors (Lipinski definition) is 5. The number of fused-ring (bicyclic) bond motifs is 2. The van der Waals surface area contributed by atoms with Gasteiger partial charge in [-0.2, -0.15) is 0 Å². The zero-order valence-corrected chi connectivity index (χ0v) is 17.1. The minimum atomic E-state index is -0.430. The predicted octanol–water partition coefficient (Wildman–Crippen LogP) is 3.29. The number of halogens is 2. The van der Waals surface area contributed by atoms with Crippen LogP contribution in [-0.2, 0) is 4.79 Å². The van der Waals surface area contributed by atoms with E-state index in [0.717, 1.165) is 42.8 Å². The monoisotopic (exact) mass is 428 g/mol. The molecule has 0 spiro atoms. The van der Waals surface area contributed by atoms with E-state index in [9.17, 15) is 9.18 Å². The standard InChI is InChI=1S/C21H22ClFN6O/c22-14-7-15(23)9-16(8-14)25-10-19(30)28-5-2-13-3-6-29(18(13)11-28)21-17-1-4-24-20(17)26-12-27-21/h1,4,7-9,12-13,18,25H,2-3,5-6,10-11H2,(H,24,26,27). The molecule has 1 amide bonds. The Kier molecular flexibility index (Phi) is 4.94. The number of benzene rings is 1. The van der Waals surface area contributed by atoms with Crippen LogP contribution in [0.25, 0.3) is 11.0 Å². The molecular weight excluding hydrogens is 407 g/mol. The molecule has 5 rings (SSSR count). The first-order valence-corrected chi connectivity index (χ1v) is 10.5. The van der Waals surface area contributed by atoms with E-state index in [4.69, 9.17) is 11.6 Å². The summed E-state index contributed by atoms with van der Waals surface area (Å²) in [5, 5.41) is 4.30. The first kappa shape index (κ1) is 19.1. The van der Waals surface area contributed by atoms with E-state index in [1.807, 2.05) is 17.2 Å². The zero-order chi connectivity index (χ0) is 20.7. The fraction of sp³-hybridized carbons (Fsp3) is 0.381. The second kappa shape index (κ2) is 7.75. The Morgan fingerprint density at radius 1 is 1.27 bits per heavy atom. The van der Waals surface area contributed by atoms with Crippen molar-refractivity contribution in [2.24, 2.45) is 5.92 Å². The number of carbonyl (C=O) groups is 1. The molecule has 2 fully saturated rings. The Hall–Kier alpha value is -2.87. The number of amides is 1. The van der Waals surface area contributed by atoms with Crippen molar-refractivity contribution in [1.82, 2.24) is 19.9 Å². The number of rotatable bonds is 4. The summed E-state index contributed by atoms with van der Waals surface area (Å²) in [6, 6.07) is 6.42. The molecule has 2 saturated heterocycles. The van der Waals surface area contributed by atoms with Crippen molar-refractivity contribution in [3.8, 4) is 0 Å². The minimum absolute atomic E-state index is 0.00448. The predicted molar refractivity (Wildman–Crippen MR) is 114 cm³/mol. The van der Waals surface area contributed by atoms with Crippen LogP contribution < -0.4 is 10.2 Å². The summed E-state index contributed by atoms with van der Waals surface area (Å²) in [7, 11) is 0. The lowest BCUT2D eigenvalue weighted by molar-refractivity contribution is -0.130. The van der Waals surface area contributed by atoms with Gasteiger partial charge in [-0.3, -0.25) is 4.79 Å². The third-order valence-corrected chi connectivity index (χ3v) is 6.34. The van der Waals surface area contributed by atoms with Gasteiger partial charge in [0.2, 0.25) is 5.91 Å². The number of aromatic amines is 1. The number of H-pyrrole nitrogens is 1. The molecule has 7 nitrogen and oxygen atoms in total. The highest BCUT2D eigenvalue weighted by Crippen LogP contribution is 2.36. The van der Waals surface area contributed by atoms with Crippen LogP contribution in [0.15, 0.2) is 36.8 Å².